The smallest absolute Gasteiger partial charge is 0.338 e. The standard InChI is InChI=1S/C26H22O8/c27-23(17-10-4-1-5-11-17)31-16-20-21(33-24(28)18-12-6-2-7-13-18)22(26(30)32-20)34-25(29)19-14-8-3-9-15-19/h1-15,20-22,26,30H,16H2/t20?,21-,22-,26-/m1/s1. The van der Waals surface area contributed by atoms with Gasteiger partial charge in [-0.25, -0.2) is 14.4 Å². The summed E-state index contributed by atoms with van der Waals surface area (Å²) in [7, 11) is 0. The zero-order valence-corrected chi connectivity index (χ0v) is 18.0. The zero-order valence-electron chi connectivity index (χ0n) is 18.0. The van der Waals surface area contributed by atoms with E-state index in [-0.39, 0.29) is 17.7 Å². The van der Waals surface area contributed by atoms with Crippen LogP contribution in [0.5, 0.6) is 0 Å². The molecule has 8 heteroatoms. The molecule has 0 aliphatic carbocycles. The molecule has 1 heterocycles. The number of aliphatic hydroxyl groups is 1. The summed E-state index contributed by atoms with van der Waals surface area (Å²) in [5.41, 5.74) is 0.838. The summed E-state index contributed by atoms with van der Waals surface area (Å²) in [4.78, 5) is 37.6. The van der Waals surface area contributed by atoms with Crippen molar-refractivity contribution in [3.05, 3.63) is 108 Å². The summed E-state index contributed by atoms with van der Waals surface area (Å²) in [5, 5.41) is 10.5. The van der Waals surface area contributed by atoms with E-state index in [1.165, 1.54) is 0 Å². The highest BCUT2D eigenvalue weighted by Gasteiger charge is 2.50. The fourth-order valence-corrected chi connectivity index (χ4v) is 3.46. The molecule has 0 bridgehead atoms. The molecule has 0 saturated carbocycles. The lowest BCUT2D eigenvalue weighted by molar-refractivity contribution is -0.135. The molecule has 1 N–H and O–H groups in total. The highest BCUT2D eigenvalue weighted by atomic mass is 16.7. The lowest BCUT2D eigenvalue weighted by Gasteiger charge is -2.23. The van der Waals surface area contributed by atoms with E-state index in [1.54, 1.807) is 91.0 Å². The molecule has 4 rings (SSSR count). The number of carbonyl (C=O) groups excluding carboxylic acids is 3. The van der Waals surface area contributed by atoms with Crippen molar-refractivity contribution in [2.24, 2.45) is 0 Å². The van der Waals surface area contributed by atoms with Gasteiger partial charge in [0.05, 0.1) is 16.7 Å². The van der Waals surface area contributed by atoms with Crippen molar-refractivity contribution in [2.75, 3.05) is 6.61 Å². The van der Waals surface area contributed by atoms with E-state index in [0.29, 0.717) is 5.56 Å². The minimum Gasteiger partial charge on any atom is -0.459 e. The Hall–Kier alpha value is -4.01. The molecule has 8 nitrogen and oxygen atoms in total. The van der Waals surface area contributed by atoms with Crippen LogP contribution in [0.4, 0.5) is 0 Å². The third-order valence-electron chi connectivity index (χ3n) is 5.18. The largest absolute Gasteiger partial charge is 0.459 e. The molecular weight excluding hydrogens is 440 g/mol. The normalized spacial score (nSPS) is 21.4. The first-order valence-corrected chi connectivity index (χ1v) is 10.6. The predicted octanol–water partition coefficient (Wildman–Crippen LogP) is 3.01. The summed E-state index contributed by atoms with van der Waals surface area (Å²) >= 11 is 0. The summed E-state index contributed by atoms with van der Waals surface area (Å²) < 4.78 is 21.8. The molecule has 3 aromatic carbocycles. The second-order valence-electron chi connectivity index (χ2n) is 7.50. The monoisotopic (exact) mass is 462 g/mol. The van der Waals surface area contributed by atoms with Gasteiger partial charge in [0.15, 0.2) is 18.5 Å². The molecule has 0 radical (unpaired) electrons. The van der Waals surface area contributed by atoms with E-state index in [4.69, 9.17) is 18.9 Å². The summed E-state index contributed by atoms with van der Waals surface area (Å²) in [5.74, 6) is -2.05. The van der Waals surface area contributed by atoms with E-state index < -0.39 is 42.5 Å². The Kier molecular flexibility index (Phi) is 7.31. The van der Waals surface area contributed by atoms with Gasteiger partial charge in [-0.2, -0.15) is 0 Å². The SMILES string of the molecule is O=C(OCC1O[C@@H](O)[C@H](OC(=O)c2ccccc2)[C@@H]1OC(=O)c1ccccc1)c1ccccc1. The van der Waals surface area contributed by atoms with Gasteiger partial charge in [-0.1, -0.05) is 54.6 Å². The van der Waals surface area contributed by atoms with Crippen molar-refractivity contribution in [1.82, 2.24) is 0 Å². The van der Waals surface area contributed by atoms with E-state index >= 15 is 0 Å². The Morgan fingerprint density at radius 2 is 1.06 bits per heavy atom. The van der Waals surface area contributed by atoms with Crippen molar-refractivity contribution in [2.45, 2.75) is 24.6 Å². The van der Waals surface area contributed by atoms with Crippen LogP contribution in [-0.4, -0.2) is 54.2 Å². The average molecular weight is 462 g/mol. The van der Waals surface area contributed by atoms with Gasteiger partial charge >= 0.3 is 17.9 Å². The topological polar surface area (TPSA) is 108 Å². The maximum absolute atomic E-state index is 12.7. The first kappa shape index (κ1) is 23.2. The fourth-order valence-electron chi connectivity index (χ4n) is 3.46. The lowest BCUT2D eigenvalue weighted by atomic mass is 10.1. The number of hydrogen-bond acceptors (Lipinski definition) is 8. The molecule has 0 spiro atoms. The molecule has 0 aromatic heterocycles. The van der Waals surface area contributed by atoms with E-state index in [1.807, 2.05) is 0 Å². The lowest BCUT2D eigenvalue weighted by Crippen LogP contribution is -2.42. The Labute approximate surface area is 195 Å². The van der Waals surface area contributed by atoms with Crippen LogP contribution in [0.15, 0.2) is 91.0 Å². The van der Waals surface area contributed by atoms with Crippen LogP contribution in [0.2, 0.25) is 0 Å². The minimum absolute atomic E-state index is 0.252. The molecule has 1 fully saturated rings. The first-order valence-electron chi connectivity index (χ1n) is 10.6. The zero-order chi connectivity index (χ0) is 23.9. The number of carbonyl (C=O) groups is 3. The van der Waals surface area contributed by atoms with Crippen molar-refractivity contribution in [1.29, 1.82) is 0 Å². The number of hydrogen-bond donors (Lipinski definition) is 1. The minimum atomic E-state index is -1.60. The van der Waals surface area contributed by atoms with Crippen LogP contribution in [0.25, 0.3) is 0 Å². The van der Waals surface area contributed by atoms with E-state index in [2.05, 4.69) is 0 Å². The Morgan fingerprint density at radius 1 is 0.647 bits per heavy atom. The summed E-state index contributed by atoms with van der Waals surface area (Å²) in [6.07, 6.45) is -5.22. The molecule has 1 aliphatic heterocycles. The van der Waals surface area contributed by atoms with Gasteiger partial charge in [-0.05, 0) is 36.4 Å². The molecule has 1 aliphatic rings. The van der Waals surface area contributed by atoms with Crippen LogP contribution in [-0.2, 0) is 18.9 Å². The second-order valence-corrected chi connectivity index (χ2v) is 7.50. The van der Waals surface area contributed by atoms with Gasteiger partial charge in [-0.15, -0.1) is 0 Å². The van der Waals surface area contributed by atoms with Crippen molar-refractivity contribution >= 4 is 17.9 Å². The molecule has 1 unspecified atom stereocenters. The van der Waals surface area contributed by atoms with Crippen molar-refractivity contribution in [3.8, 4) is 0 Å². The molecule has 1 saturated heterocycles. The van der Waals surface area contributed by atoms with Crippen LogP contribution in [0, 0.1) is 0 Å². The van der Waals surface area contributed by atoms with Crippen molar-refractivity contribution < 1.29 is 38.4 Å². The van der Waals surface area contributed by atoms with Crippen LogP contribution in [0.1, 0.15) is 31.1 Å². The molecule has 3 aromatic rings. The maximum atomic E-state index is 12.7. The maximum Gasteiger partial charge on any atom is 0.338 e. The average Bonchev–Trinajstić information content (AvgIpc) is 3.17. The molecule has 174 valence electrons. The molecular formula is C26H22O8. The highest BCUT2D eigenvalue weighted by molar-refractivity contribution is 5.90. The van der Waals surface area contributed by atoms with Crippen LogP contribution in [0.3, 0.4) is 0 Å². The quantitative estimate of drug-likeness (QED) is 0.422. The second kappa shape index (κ2) is 10.7. The van der Waals surface area contributed by atoms with Crippen LogP contribution < -0.4 is 0 Å². The predicted molar refractivity (Wildman–Crippen MR) is 119 cm³/mol. The third-order valence-corrected chi connectivity index (χ3v) is 5.18. The van der Waals surface area contributed by atoms with Crippen molar-refractivity contribution in [3.63, 3.8) is 0 Å². The van der Waals surface area contributed by atoms with Gasteiger partial charge in [-0.3, -0.25) is 0 Å². The van der Waals surface area contributed by atoms with Gasteiger partial charge in [0.25, 0.3) is 0 Å². The number of benzene rings is 3. The number of aliphatic hydroxyl groups excluding tert-OH is 1. The number of esters is 3. The summed E-state index contributed by atoms with van der Waals surface area (Å²) in [6.45, 7) is -0.336. The Bertz CT molecular complexity index is 1120. The number of rotatable bonds is 7. The highest BCUT2D eigenvalue weighted by Crippen LogP contribution is 2.28. The summed E-state index contributed by atoms with van der Waals surface area (Å²) in [6, 6.07) is 24.7. The molecule has 0 amide bonds. The number of ether oxygens (including phenoxy) is 4. The van der Waals surface area contributed by atoms with E-state index in [9.17, 15) is 19.5 Å². The third kappa shape index (κ3) is 5.48. The van der Waals surface area contributed by atoms with E-state index in [0.717, 1.165) is 0 Å². The Balaban J connectivity index is 1.51. The first-order chi connectivity index (χ1) is 16.5. The molecule has 34 heavy (non-hydrogen) atoms. The van der Waals surface area contributed by atoms with Gasteiger partial charge in [0.2, 0.25) is 0 Å². The van der Waals surface area contributed by atoms with Gasteiger partial charge < -0.3 is 24.1 Å². The van der Waals surface area contributed by atoms with Gasteiger partial charge in [0, 0.05) is 0 Å². The molecule has 4 atom stereocenters. The fraction of sp³-hybridized carbons (Fsp3) is 0.192. The Morgan fingerprint density at radius 3 is 1.53 bits per heavy atom. The van der Waals surface area contributed by atoms with Crippen LogP contribution >= 0.6 is 0 Å². The van der Waals surface area contributed by atoms with Gasteiger partial charge in [0.1, 0.15) is 12.7 Å².